The fourth-order valence-corrected chi connectivity index (χ4v) is 3.07. The van der Waals surface area contributed by atoms with Crippen LogP contribution in [0, 0.1) is 5.92 Å². The minimum absolute atomic E-state index is 0.0649. The summed E-state index contributed by atoms with van der Waals surface area (Å²) in [5, 5.41) is 3.00. The normalized spacial score (nSPS) is 31.4. The zero-order valence-corrected chi connectivity index (χ0v) is 9.70. The number of hydrogen-bond donors (Lipinski definition) is 1. The summed E-state index contributed by atoms with van der Waals surface area (Å²) in [6.07, 6.45) is -3.39. The summed E-state index contributed by atoms with van der Waals surface area (Å²) < 4.78 is 38.3. The van der Waals surface area contributed by atoms with E-state index in [4.69, 9.17) is 11.6 Å². The number of hydrogen-bond acceptors (Lipinski definition) is 1. The van der Waals surface area contributed by atoms with Crippen LogP contribution in [0.2, 0.25) is 5.02 Å². The van der Waals surface area contributed by atoms with Crippen LogP contribution in [-0.2, 0) is 11.6 Å². The third-order valence-corrected chi connectivity index (χ3v) is 4.24. The lowest BCUT2D eigenvalue weighted by Gasteiger charge is -2.16. The van der Waals surface area contributed by atoms with Gasteiger partial charge in [0.2, 0.25) is 0 Å². The molecule has 1 saturated heterocycles. The molecule has 5 heteroatoms. The summed E-state index contributed by atoms with van der Waals surface area (Å²) in [6, 6.07) is 4.31. The molecule has 0 aromatic heterocycles. The summed E-state index contributed by atoms with van der Waals surface area (Å²) in [4.78, 5) is 0. The molecule has 1 aromatic carbocycles. The largest absolute Gasteiger partial charge is 0.417 e. The van der Waals surface area contributed by atoms with Crippen LogP contribution >= 0.6 is 11.6 Å². The van der Waals surface area contributed by atoms with Gasteiger partial charge in [-0.3, -0.25) is 0 Å². The van der Waals surface area contributed by atoms with Crippen LogP contribution < -0.4 is 5.32 Å². The first-order chi connectivity index (χ1) is 7.93. The van der Waals surface area contributed by atoms with Crippen molar-refractivity contribution in [2.75, 3.05) is 13.1 Å². The molecule has 1 N–H and O–H groups in total. The Bertz CT molecular complexity index is 471. The first kappa shape index (κ1) is 11.4. The summed E-state index contributed by atoms with van der Waals surface area (Å²) in [5.74, 6) is 0.491. The van der Waals surface area contributed by atoms with Crippen molar-refractivity contribution in [2.24, 2.45) is 5.92 Å². The fourth-order valence-electron chi connectivity index (χ4n) is 2.84. The molecule has 2 fully saturated rings. The molecule has 1 aliphatic heterocycles. The summed E-state index contributed by atoms with van der Waals surface area (Å²) >= 11 is 5.61. The van der Waals surface area contributed by atoms with Gasteiger partial charge in [0.1, 0.15) is 0 Å². The smallest absolute Gasteiger partial charge is 0.316 e. The highest BCUT2D eigenvalue weighted by atomic mass is 35.5. The monoisotopic (exact) mass is 261 g/mol. The van der Waals surface area contributed by atoms with Gasteiger partial charge in [0.05, 0.1) is 10.6 Å². The van der Waals surface area contributed by atoms with E-state index in [2.05, 4.69) is 5.32 Å². The molecule has 3 rings (SSSR count). The van der Waals surface area contributed by atoms with Gasteiger partial charge in [-0.05, 0) is 36.6 Å². The molecule has 17 heavy (non-hydrogen) atoms. The van der Waals surface area contributed by atoms with E-state index in [9.17, 15) is 13.2 Å². The fraction of sp³-hybridized carbons (Fsp3) is 0.500. The molecular weight excluding hydrogens is 251 g/mol. The predicted molar refractivity (Wildman–Crippen MR) is 59.1 cm³/mol. The quantitative estimate of drug-likeness (QED) is 0.819. The third-order valence-electron chi connectivity index (χ3n) is 3.91. The van der Waals surface area contributed by atoms with Crippen LogP contribution in [0.15, 0.2) is 18.2 Å². The SMILES string of the molecule is FC(F)(F)c1cc([C@]23CNC[C@H]2C3)ccc1Cl. The Kier molecular flexibility index (Phi) is 2.26. The Balaban J connectivity index is 2.03. The van der Waals surface area contributed by atoms with Gasteiger partial charge in [-0.15, -0.1) is 0 Å². The van der Waals surface area contributed by atoms with E-state index < -0.39 is 11.7 Å². The second kappa shape index (κ2) is 3.39. The van der Waals surface area contributed by atoms with Crippen molar-refractivity contribution in [2.45, 2.75) is 18.0 Å². The van der Waals surface area contributed by atoms with Gasteiger partial charge in [-0.1, -0.05) is 17.7 Å². The molecule has 92 valence electrons. The summed E-state index contributed by atoms with van der Waals surface area (Å²) in [5.41, 5.74) is -0.0160. The van der Waals surface area contributed by atoms with Crippen LogP contribution in [0.5, 0.6) is 0 Å². The van der Waals surface area contributed by atoms with E-state index >= 15 is 0 Å². The lowest BCUT2D eigenvalue weighted by atomic mass is 9.93. The summed E-state index contributed by atoms with van der Waals surface area (Å²) in [6.45, 7) is 1.68. The van der Waals surface area contributed by atoms with E-state index in [0.29, 0.717) is 5.92 Å². The average molecular weight is 262 g/mol. The Morgan fingerprint density at radius 2 is 2.12 bits per heavy atom. The summed E-state index contributed by atoms with van der Waals surface area (Å²) in [7, 11) is 0. The van der Waals surface area contributed by atoms with Crippen LogP contribution in [0.25, 0.3) is 0 Å². The molecule has 2 atom stereocenters. The molecule has 0 spiro atoms. The Labute approximate surface area is 102 Å². The maximum atomic E-state index is 12.8. The zero-order valence-electron chi connectivity index (χ0n) is 8.94. The third kappa shape index (κ3) is 1.66. The number of halogens is 4. The molecule has 1 nitrogen and oxygen atoms in total. The van der Waals surface area contributed by atoms with Crippen molar-refractivity contribution in [1.82, 2.24) is 5.32 Å². The Hall–Kier alpha value is -0.740. The second-order valence-electron chi connectivity index (χ2n) is 4.88. The van der Waals surface area contributed by atoms with Gasteiger partial charge in [0, 0.05) is 12.0 Å². The Morgan fingerprint density at radius 3 is 2.65 bits per heavy atom. The van der Waals surface area contributed by atoms with Gasteiger partial charge < -0.3 is 5.32 Å². The molecule has 1 heterocycles. The maximum Gasteiger partial charge on any atom is 0.417 e. The molecule has 1 saturated carbocycles. The topological polar surface area (TPSA) is 12.0 Å². The van der Waals surface area contributed by atoms with Crippen LogP contribution in [0.3, 0.4) is 0 Å². The first-order valence-electron chi connectivity index (χ1n) is 5.51. The van der Waals surface area contributed by atoms with Crippen molar-refractivity contribution < 1.29 is 13.2 Å². The van der Waals surface area contributed by atoms with Crippen LogP contribution in [-0.4, -0.2) is 13.1 Å². The van der Waals surface area contributed by atoms with Crippen molar-refractivity contribution >= 4 is 11.6 Å². The minimum Gasteiger partial charge on any atom is -0.316 e. The molecule has 1 aliphatic carbocycles. The molecular formula is C12H11ClF3N. The lowest BCUT2D eigenvalue weighted by molar-refractivity contribution is -0.137. The van der Waals surface area contributed by atoms with E-state index in [1.807, 2.05) is 0 Å². The molecule has 0 unspecified atom stereocenters. The maximum absolute atomic E-state index is 12.8. The van der Waals surface area contributed by atoms with Gasteiger partial charge in [-0.2, -0.15) is 13.2 Å². The van der Waals surface area contributed by atoms with Crippen molar-refractivity contribution in [3.05, 3.63) is 34.3 Å². The molecule has 0 radical (unpaired) electrons. The van der Waals surface area contributed by atoms with Gasteiger partial charge in [0.15, 0.2) is 0 Å². The second-order valence-corrected chi connectivity index (χ2v) is 5.29. The van der Waals surface area contributed by atoms with E-state index in [-0.39, 0.29) is 10.4 Å². The van der Waals surface area contributed by atoms with Crippen molar-refractivity contribution in [3.8, 4) is 0 Å². The highest BCUT2D eigenvalue weighted by molar-refractivity contribution is 6.31. The van der Waals surface area contributed by atoms with Gasteiger partial charge in [0.25, 0.3) is 0 Å². The van der Waals surface area contributed by atoms with Crippen LogP contribution in [0.1, 0.15) is 17.5 Å². The molecule has 2 aliphatic rings. The number of benzene rings is 1. The number of piperidine rings is 1. The lowest BCUT2D eigenvalue weighted by Crippen LogP contribution is -2.20. The molecule has 1 aromatic rings. The van der Waals surface area contributed by atoms with Crippen molar-refractivity contribution in [1.29, 1.82) is 0 Å². The number of rotatable bonds is 1. The van der Waals surface area contributed by atoms with E-state index in [0.717, 1.165) is 25.1 Å². The molecule has 0 bridgehead atoms. The van der Waals surface area contributed by atoms with Gasteiger partial charge in [-0.25, -0.2) is 0 Å². The molecule has 0 amide bonds. The van der Waals surface area contributed by atoms with E-state index in [1.165, 1.54) is 12.1 Å². The predicted octanol–water partition coefficient (Wildman–Crippen LogP) is 3.22. The minimum atomic E-state index is -4.37. The number of alkyl halides is 3. The number of fused-ring (bicyclic) bond motifs is 1. The van der Waals surface area contributed by atoms with E-state index in [1.54, 1.807) is 6.07 Å². The highest BCUT2D eigenvalue weighted by Crippen LogP contribution is 2.57. The Morgan fingerprint density at radius 1 is 1.35 bits per heavy atom. The van der Waals surface area contributed by atoms with Crippen LogP contribution in [0.4, 0.5) is 13.2 Å². The zero-order chi connectivity index (χ0) is 12.3. The standard InChI is InChI=1S/C12H11ClF3N/c13-10-2-1-7(3-9(10)12(14,15)16)11-4-8(11)5-17-6-11/h1-3,8,17H,4-6H2/t8-,11+/m1/s1. The van der Waals surface area contributed by atoms with Crippen molar-refractivity contribution in [3.63, 3.8) is 0 Å². The highest BCUT2D eigenvalue weighted by Gasteiger charge is 2.58. The first-order valence-corrected chi connectivity index (χ1v) is 5.89. The average Bonchev–Trinajstić information content (AvgIpc) is 2.80. The van der Waals surface area contributed by atoms with Gasteiger partial charge >= 0.3 is 6.18 Å². The number of nitrogens with one attached hydrogen (secondary N) is 1.